The average molecular weight is 509 g/mol. The summed E-state index contributed by atoms with van der Waals surface area (Å²) < 4.78 is 0. The van der Waals surface area contributed by atoms with Gasteiger partial charge in [0.2, 0.25) is 11.8 Å². The number of amides is 2. The van der Waals surface area contributed by atoms with Crippen LogP contribution in [0.25, 0.3) is 0 Å². The monoisotopic (exact) mass is 508 g/mol. The molecule has 2 aliphatic rings. The molecular weight excluding hydrogens is 472 g/mol. The van der Waals surface area contributed by atoms with Gasteiger partial charge in [0.25, 0.3) is 0 Å². The van der Waals surface area contributed by atoms with Crippen LogP contribution in [0.2, 0.25) is 5.02 Å². The zero-order valence-corrected chi connectivity index (χ0v) is 22.9. The zero-order chi connectivity index (χ0) is 26.3. The molecule has 2 heterocycles. The van der Waals surface area contributed by atoms with E-state index in [0.29, 0.717) is 13.1 Å². The van der Waals surface area contributed by atoms with Crippen molar-refractivity contribution in [2.45, 2.75) is 44.6 Å². The molecule has 1 N–H and O–H groups in total. The highest BCUT2D eigenvalue weighted by Crippen LogP contribution is 2.44. The van der Waals surface area contributed by atoms with E-state index < -0.39 is 5.41 Å². The number of anilines is 2. The summed E-state index contributed by atoms with van der Waals surface area (Å²) in [5.74, 6) is 0.150. The first kappa shape index (κ1) is 26.2. The van der Waals surface area contributed by atoms with Crippen LogP contribution in [-0.4, -0.2) is 62.4 Å². The lowest BCUT2D eigenvalue weighted by Crippen LogP contribution is -2.49. The molecule has 192 valence electrons. The molecule has 2 aliphatic heterocycles. The summed E-state index contributed by atoms with van der Waals surface area (Å²) in [6.45, 7) is 8.02. The molecule has 0 bridgehead atoms. The topological polar surface area (TPSA) is 55.9 Å². The van der Waals surface area contributed by atoms with Gasteiger partial charge in [-0.25, -0.2) is 0 Å². The fourth-order valence-electron chi connectivity index (χ4n) is 5.50. The Morgan fingerprint density at radius 2 is 1.83 bits per heavy atom. The second-order valence-corrected chi connectivity index (χ2v) is 11.2. The number of likely N-dealkylation sites (N-methyl/N-ethyl adjacent to an activating group) is 2. The minimum Gasteiger partial charge on any atom is -0.375 e. The number of carbonyl (C=O) groups is 2. The Morgan fingerprint density at radius 1 is 1.14 bits per heavy atom. The Balaban J connectivity index is 1.64. The molecule has 0 aliphatic carbocycles. The number of likely N-dealkylation sites (tertiary alicyclic amines) is 1. The van der Waals surface area contributed by atoms with Gasteiger partial charge in [-0.2, -0.15) is 0 Å². The fourth-order valence-corrected chi connectivity index (χ4v) is 5.68. The Hall–Kier alpha value is -2.83. The second kappa shape index (κ2) is 9.91. The van der Waals surface area contributed by atoms with E-state index in [4.69, 9.17) is 11.6 Å². The fraction of sp³-hybridized carbons (Fsp3) is 0.448. The van der Waals surface area contributed by atoms with Crippen molar-refractivity contribution in [3.05, 3.63) is 70.3 Å². The minimum atomic E-state index is -0.532. The van der Waals surface area contributed by atoms with Crippen LogP contribution in [0.5, 0.6) is 0 Å². The van der Waals surface area contributed by atoms with Crippen LogP contribution in [0, 0.1) is 6.92 Å². The van der Waals surface area contributed by atoms with Gasteiger partial charge in [-0.1, -0.05) is 35.9 Å². The highest BCUT2D eigenvalue weighted by atomic mass is 35.5. The van der Waals surface area contributed by atoms with Crippen molar-refractivity contribution in [3.8, 4) is 0 Å². The maximum atomic E-state index is 12.8. The molecule has 0 saturated carbocycles. The third-order valence-corrected chi connectivity index (χ3v) is 8.11. The number of rotatable bonds is 6. The van der Waals surface area contributed by atoms with Gasteiger partial charge in [-0.05, 0) is 82.6 Å². The molecular formula is C29H37ClN4O2. The summed E-state index contributed by atoms with van der Waals surface area (Å²) >= 11 is 6.55. The third kappa shape index (κ3) is 4.76. The maximum absolute atomic E-state index is 12.8. The first-order chi connectivity index (χ1) is 17.0. The van der Waals surface area contributed by atoms with E-state index in [-0.39, 0.29) is 17.4 Å². The van der Waals surface area contributed by atoms with Crippen molar-refractivity contribution in [2.75, 3.05) is 51.0 Å². The standard InChI is InChI=1S/C29H37ClN4O2/c1-20-22(9-7-10-24(20)30)29(14-17-34(18-15-29)26(35)11-8-16-32(4)5)31-21-12-13-23-25(19-21)33(6)27(36)28(23,2)3/h7-13,19,31H,14-18H2,1-6H3/b11-8+. The van der Waals surface area contributed by atoms with Crippen LogP contribution in [-0.2, 0) is 20.5 Å². The molecule has 0 atom stereocenters. The maximum Gasteiger partial charge on any atom is 0.246 e. The first-order valence-corrected chi connectivity index (χ1v) is 12.9. The van der Waals surface area contributed by atoms with Gasteiger partial charge in [-0.15, -0.1) is 0 Å². The normalized spacial score (nSPS) is 18.7. The molecule has 1 fully saturated rings. The SMILES string of the molecule is Cc1c(Cl)cccc1C1(Nc2ccc3c(c2)N(C)C(=O)C3(C)C)CCN(C(=O)/C=C/CN(C)C)CC1. The molecule has 0 radical (unpaired) electrons. The molecule has 36 heavy (non-hydrogen) atoms. The van der Waals surface area contributed by atoms with Crippen LogP contribution < -0.4 is 10.2 Å². The average Bonchev–Trinajstić information content (AvgIpc) is 3.00. The highest BCUT2D eigenvalue weighted by molar-refractivity contribution is 6.31. The highest BCUT2D eigenvalue weighted by Gasteiger charge is 2.43. The van der Waals surface area contributed by atoms with Crippen LogP contribution in [0.15, 0.2) is 48.6 Å². The van der Waals surface area contributed by atoms with Crippen LogP contribution in [0.1, 0.15) is 43.4 Å². The van der Waals surface area contributed by atoms with Crippen molar-refractivity contribution in [3.63, 3.8) is 0 Å². The van der Waals surface area contributed by atoms with E-state index in [1.165, 1.54) is 0 Å². The van der Waals surface area contributed by atoms with E-state index in [1.54, 1.807) is 11.0 Å². The van der Waals surface area contributed by atoms with Crippen LogP contribution >= 0.6 is 11.6 Å². The van der Waals surface area contributed by atoms with E-state index >= 15 is 0 Å². The van der Waals surface area contributed by atoms with Gasteiger partial charge in [0.15, 0.2) is 0 Å². The molecule has 1 saturated heterocycles. The molecule has 4 rings (SSSR count). The quantitative estimate of drug-likeness (QED) is 0.561. The number of piperidine rings is 1. The van der Waals surface area contributed by atoms with Crippen molar-refractivity contribution >= 4 is 34.8 Å². The van der Waals surface area contributed by atoms with Crippen molar-refractivity contribution in [2.24, 2.45) is 0 Å². The lowest BCUT2D eigenvalue weighted by Gasteiger charge is -2.44. The summed E-state index contributed by atoms with van der Waals surface area (Å²) in [6.07, 6.45) is 5.09. The number of fused-ring (bicyclic) bond motifs is 1. The molecule has 0 unspecified atom stereocenters. The predicted molar refractivity (Wildman–Crippen MR) is 148 cm³/mol. The Kier molecular flexibility index (Phi) is 7.22. The van der Waals surface area contributed by atoms with E-state index in [1.807, 2.05) is 63.0 Å². The number of carbonyl (C=O) groups excluding carboxylic acids is 2. The third-order valence-electron chi connectivity index (χ3n) is 7.70. The molecule has 2 aromatic carbocycles. The van der Waals surface area contributed by atoms with Gasteiger partial charge < -0.3 is 20.0 Å². The Labute approximate surface area is 219 Å². The molecule has 2 amide bonds. The van der Waals surface area contributed by atoms with Gasteiger partial charge in [0, 0.05) is 49.2 Å². The summed E-state index contributed by atoms with van der Waals surface area (Å²) in [5, 5.41) is 4.57. The lowest BCUT2D eigenvalue weighted by atomic mass is 9.78. The summed E-state index contributed by atoms with van der Waals surface area (Å²) in [7, 11) is 5.80. The zero-order valence-electron chi connectivity index (χ0n) is 22.2. The van der Waals surface area contributed by atoms with E-state index in [9.17, 15) is 9.59 Å². The van der Waals surface area contributed by atoms with Crippen molar-refractivity contribution in [1.82, 2.24) is 9.80 Å². The van der Waals surface area contributed by atoms with Crippen molar-refractivity contribution in [1.29, 1.82) is 0 Å². The number of nitrogens with one attached hydrogen (secondary N) is 1. The lowest BCUT2D eigenvalue weighted by molar-refractivity contribution is -0.127. The summed E-state index contributed by atoms with van der Waals surface area (Å²) in [6, 6.07) is 12.2. The summed E-state index contributed by atoms with van der Waals surface area (Å²) in [4.78, 5) is 31.3. The Morgan fingerprint density at radius 3 is 2.50 bits per heavy atom. The predicted octanol–water partition coefficient (Wildman–Crippen LogP) is 4.95. The van der Waals surface area contributed by atoms with E-state index in [2.05, 4.69) is 36.5 Å². The molecule has 0 aromatic heterocycles. The number of benzene rings is 2. The molecule has 6 nitrogen and oxygen atoms in total. The van der Waals surface area contributed by atoms with Crippen molar-refractivity contribution < 1.29 is 9.59 Å². The van der Waals surface area contributed by atoms with Crippen LogP contribution in [0.3, 0.4) is 0 Å². The molecule has 7 heteroatoms. The van der Waals surface area contributed by atoms with Gasteiger partial charge in [0.05, 0.1) is 11.0 Å². The Bertz CT molecular complexity index is 1200. The second-order valence-electron chi connectivity index (χ2n) is 10.8. The number of hydrogen-bond acceptors (Lipinski definition) is 4. The summed E-state index contributed by atoms with van der Waals surface area (Å²) in [5.41, 5.74) is 4.21. The number of halogens is 1. The van der Waals surface area contributed by atoms with Gasteiger partial charge in [0.1, 0.15) is 0 Å². The molecule has 0 spiro atoms. The number of nitrogens with zero attached hydrogens (tertiary/aromatic N) is 3. The molecule has 2 aromatic rings. The van der Waals surface area contributed by atoms with Crippen LogP contribution in [0.4, 0.5) is 11.4 Å². The largest absolute Gasteiger partial charge is 0.375 e. The van der Waals surface area contributed by atoms with Gasteiger partial charge >= 0.3 is 0 Å². The number of hydrogen-bond donors (Lipinski definition) is 1. The first-order valence-electron chi connectivity index (χ1n) is 12.5. The van der Waals surface area contributed by atoms with E-state index in [0.717, 1.165) is 52.5 Å². The minimum absolute atomic E-state index is 0.0492. The smallest absolute Gasteiger partial charge is 0.246 e. The van der Waals surface area contributed by atoms with Gasteiger partial charge in [-0.3, -0.25) is 9.59 Å².